The number of carbonyl (C=O) groups excluding carboxylic acids is 1. The molecule has 1 saturated carbocycles. The molecule has 1 aliphatic carbocycles. The van der Waals surface area contributed by atoms with Gasteiger partial charge in [0.15, 0.2) is 6.29 Å². The summed E-state index contributed by atoms with van der Waals surface area (Å²) >= 11 is 6.43. The molecule has 5 rings (SSSR count). The van der Waals surface area contributed by atoms with Crippen molar-refractivity contribution in [3.63, 3.8) is 0 Å². The van der Waals surface area contributed by atoms with Crippen molar-refractivity contribution in [2.45, 2.75) is 96.5 Å². The highest BCUT2D eigenvalue weighted by Crippen LogP contribution is 2.43. The highest BCUT2D eigenvalue weighted by Gasteiger charge is 2.37. The average Bonchev–Trinajstić information content (AvgIpc) is 3.21. The Morgan fingerprint density at radius 3 is 2.56 bits per heavy atom. The van der Waals surface area contributed by atoms with E-state index in [1.807, 2.05) is 25.1 Å². The molecule has 7 nitrogen and oxygen atoms in total. The molecule has 45 heavy (non-hydrogen) atoms. The van der Waals surface area contributed by atoms with E-state index in [2.05, 4.69) is 42.5 Å². The molecule has 0 aromatic heterocycles. The van der Waals surface area contributed by atoms with Crippen LogP contribution in [0.3, 0.4) is 0 Å². The van der Waals surface area contributed by atoms with Gasteiger partial charge in [0.05, 0.1) is 30.8 Å². The normalized spacial score (nSPS) is 24.0. The number of ether oxygens (including phenoxy) is 3. The lowest BCUT2D eigenvalue weighted by Crippen LogP contribution is -2.42. The zero-order chi connectivity index (χ0) is 31.9. The number of nitrogens with one attached hydrogen (secondary N) is 1. The fourth-order valence-electron chi connectivity index (χ4n) is 6.99. The van der Waals surface area contributed by atoms with Gasteiger partial charge in [0, 0.05) is 36.0 Å². The molecule has 0 spiro atoms. The third-order valence-electron chi connectivity index (χ3n) is 10.0. The minimum Gasteiger partial charge on any atom is -0.491 e. The minimum absolute atomic E-state index is 0.108. The highest BCUT2D eigenvalue weighted by atomic mass is 35.5. The van der Waals surface area contributed by atoms with Crippen molar-refractivity contribution in [3.05, 3.63) is 58.1 Å². The van der Waals surface area contributed by atoms with Gasteiger partial charge in [0.1, 0.15) is 16.7 Å². The van der Waals surface area contributed by atoms with Crippen LogP contribution in [0.1, 0.15) is 100 Å². The van der Waals surface area contributed by atoms with E-state index in [4.69, 9.17) is 25.8 Å². The molecule has 6 unspecified atom stereocenters. The number of fused-ring (bicyclic) bond motifs is 1. The Hall–Kier alpha value is -2.13. The van der Waals surface area contributed by atoms with Gasteiger partial charge >= 0.3 is 0 Å². The molecule has 6 atom stereocenters. The Kier molecular flexibility index (Phi) is 12.3. The van der Waals surface area contributed by atoms with Crippen LogP contribution in [-0.2, 0) is 26.9 Å². The topological polar surface area (TPSA) is 77.1 Å². The Balaban J connectivity index is 1.39. The van der Waals surface area contributed by atoms with E-state index in [1.165, 1.54) is 17.5 Å². The van der Waals surface area contributed by atoms with Crippen molar-refractivity contribution in [3.8, 4) is 5.75 Å². The number of halogens is 1. The SMILES string of the molecule is CCCc1cc(Cl)ccc1C1COc2ccc(C(=O)NS(=O)C(C)C(C)CCC)cc2N(CC2CCC2CC2OCCCO2)C1. The molecular formula is C36H51ClN2O5S. The number of aryl methyl sites for hydroxylation is 1. The van der Waals surface area contributed by atoms with Crippen LogP contribution in [0.25, 0.3) is 0 Å². The number of hydrogen-bond donors (Lipinski definition) is 1. The molecule has 1 N–H and O–H groups in total. The molecule has 0 radical (unpaired) electrons. The van der Waals surface area contributed by atoms with Crippen LogP contribution < -0.4 is 14.4 Å². The maximum absolute atomic E-state index is 13.4. The number of anilines is 1. The van der Waals surface area contributed by atoms with E-state index in [-0.39, 0.29) is 29.3 Å². The fourth-order valence-corrected chi connectivity index (χ4v) is 8.23. The first-order chi connectivity index (χ1) is 21.8. The highest BCUT2D eigenvalue weighted by molar-refractivity contribution is 7.84. The summed E-state index contributed by atoms with van der Waals surface area (Å²) in [5, 5.41) is 0.632. The first kappa shape index (κ1) is 34.2. The van der Waals surface area contributed by atoms with E-state index in [0.717, 1.165) is 87.7 Å². The standard InChI is InChI=1S/C36H51ClN2O5S/c1-5-8-24(3)25(4)45(41)38-36(40)28-12-15-34-33(19-28)39(21-29-11-10-26(29)20-35-42-16-7-17-43-35)22-30(23-44-34)32-14-13-31(37)18-27(32)9-6-2/h12-15,18-19,24-26,29-30,35H,5-11,16-17,20-23H2,1-4H3,(H,38,40). The number of rotatable bonds is 13. The molecule has 2 heterocycles. The summed E-state index contributed by atoms with van der Waals surface area (Å²) < 4.78 is 34.2. The van der Waals surface area contributed by atoms with Crippen molar-refractivity contribution >= 4 is 34.2 Å². The lowest BCUT2D eigenvalue weighted by molar-refractivity contribution is -0.192. The van der Waals surface area contributed by atoms with E-state index in [9.17, 15) is 9.00 Å². The largest absolute Gasteiger partial charge is 0.491 e. The van der Waals surface area contributed by atoms with Crippen molar-refractivity contribution < 1.29 is 23.2 Å². The molecule has 2 aliphatic heterocycles. The van der Waals surface area contributed by atoms with Gasteiger partial charge in [-0.25, -0.2) is 4.21 Å². The van der Waals surface area contributed by atoms with Gasteiger partial charge in [0.25, 0.3) is 5.91 Å². The maximum Gasteiger partial charge on any atom is 0.263 e. The summed E-state index contributed by atoms with van der Waals surface area (Å²) in [7, 11) is -1.47. The molecule has 1 saturated heterocycles. The van der Waals surface area contributed by atoms with E-state index < -0.39 is 11.0 Å². The maximum atomic E-state index is 13.4. The lowest BCUT2D eigenvalue weighted by atomic mass is 9.71. The van der Waals surface area contributed by atoms with Gasteiger partial charge in [-0.1, -0.05) is 51.3 Å². The van der Waals surface area contributed by atoms with Gasteiger partial charge in [-0.2, -0.15) is 0 Å². The van der Waals surface area contributed by atoms with Gasteiger partial charge < -0.3 is 19.1 Å². The smallest absolute Gasteiger partial charge is 0.263 e. The Morgan fingerprint density at radius 2 is 1.84 bits per heavy atom. The molecule has 2 fully saturated rings. The summed E-state index contributed by atoms with van der Waals surface area (Å²) in [5.41, 5.74) is 3.96. The number of amides is 1. The molecule has 2 aromatic carbocycles. The molecule has 248 valence electrons. The number of hydrogen-bond acceptors (Lipinski definition) is 6. The molecular weight excluding hydrogens is 608 g/mol. The van der Waals surface area contributed by atoms with Crippen LogP contribution in [0.2, 0.25) is 5.02 Å². The Morgan fingerprint density at radius 1 is 1.07 bits per heavy atom. The monoisotopic (exact) mass is 658 g/mol. The number of carbonyl (C=O) groups is 1. The van der Waals surface area contributed by atoms with Crippen LogP contribution in [-0.4, -0.2) is 54.6 Å². The fraction of sp³-hybridized carbons (Fsp3) is 0.639. The third-order valence-corrected chi connectivity index (χ3v) is 11.8. The van der Waals surface area contributed by atoms with E-state index >= 15 is 0 Å². The number of benzene rings is 2. The molecule has 9 heteroatoms. The first-order valence-electron chi connectivity index (χ1n) is 17.0. The summed E-state index contributed by atoms with van der Waals surface area (Å²) in [6.45, 7) is 12.1. The van der Waals surface area contributed by atoms with Crippen molar-refractivity contribution in [1.29, 1.82) is 0 Å². The van der Waals surface area contributed by atoms with Crippen LogP contribution in [0, 0.1) is 17.8 Å². The second-order valence-electron chi connectivity index (χ2n) is 13.2. The summed E-state index contributed by atoms with van der Waals surface area (Å²) in [4.78, 5) is 15.8. The van der Waals surface area contributed by atoms with Crippen molar-refractivity contribution in [1.82, 2.24) is 4.72 Å². The Bertz CT molecular complexity index is 1320. The third kappa shape index (κ3) is 8.62. The minimum atomic E-state index is -1.47. The lowest BCUT2D eigenvalue weighted by Gasteiger charge is -2.42. The van der Waals surface area contributed by atoms with Crippen molar-refractivity contribution in [2.24, 2.45) is 17.8 Å². The second kappa shape index (κ2) is 16.1. The molecule has 2 aromatic rings. The summed E-state index contributed by atoms with van der Waals surface area (Å²) in [6.07, 6.45) is 8.11. The zero-order valence-electron chi connectivity index (χ0n) is 27.4. The van der Waals surface area contributed by atoms with Gasteiger partial charge in [0.2, 0.25) is 0 Å². The first-order valence-corrected chi connectivity index (χ1v) is 18.6. The summed E-state index contributed by atoms with van der Waals surface area (Å²) in [6, 6.07) is 11.9. The molecule has 1 amide bonds. The van der Waals surface area contributed by atoms with Gasteiger partial charge in [-0.15, -0.1) is 0 Å². The molecule has 0 bridgehead atoms. The van der Waals surface area contributed by atoms with Crippen LogP contribution >= 0.6 is 11.6 Å². The predicted molar refractivity (Wildman–Crippen MR) is 183 cm³/mol. The second-order valence-corrected chi connectivity index (χ2v) is 15.2. The number of nitrogens with zero attached hydrogens (tertiary/aromatic N) is 1. The van der Waals surface area contributed by atoms with Crippen LogP contribution in [0.15, 0.2) is 36.4 Å². The van der Waals surface area contributed by atoms with E-state index in [0.29, 0.717) is 24.0 Å². The zero-order valence-corrected chi connectivity index (χ0v) is 29.0. The quantitative estimate of drug-likeness (QED) is 0.238. The average molecular weight is 659 g/mol. The van der Waals surface area contributed by atoms with Crippen LogP contribution in [0.4, 0.5) is 5.69 Å². The Labute approximate surface area is 277 Å². The van der Waals surface area contributed by atoms with Crippen LogP contribution in [0.5, 0.6) is 5.75 Å². The van der Waals surface area contributed by atoms with Gasteiger partial charge in [-0.3, -0.25) is 9.52 Å². The summed E-state index contributed by atoms with van der Waals surface area (Å²) in [5.74, 6) is 1.90. The van der Waals surface area contributed by atoms with Crippen molar-refractivity contribution in [2.75, 3.05) is 37.8 Å². The predicted octanol–water partition coefficient (Wildman–Crippen LogP) is 7.67. The van der Waals surface area contributed by atoms with E-state index in [1.54, 1.807) is 6.07 Å². The van der Waals surface area contributed by atoms with Gasteiger partial charge in [-0.05, 0) is 98.2 Å². The molecule has 3 aliphatic rings.